The molecule has 0 saturated carbocycles. The molecule has 0 amide bonds. The SMILES string of the molecule is CC(C)CCCCCCCCCCCCCCC(=O)Oc1ccc(O)cc1. The molecule has 0 unspecified atom stereocenters. The van der Waals surface area contributed by atoms with Gasteiger partial charge in [0.2, 0.25) is 0 Å². The number of ether oxygens (including phenoxy) is 1. The highest BCUT2D eigenvalue weighted by Crippen LogP contribution is 2.17. The Morgan fingerprint density at radius 1 is 0.778 bits per heavy atom. The van der Waals surface area contributed by atoms with E-state index >= 15 is 0 Å². The Balaban J connectivity index is 1.82. The molecule has 0 saturated heterocycles. The molecule has 0 radical (unpaired) electrons. The fourth-order valence-electron chi connectivity index (χ4n) is 3.29. The van der Waals surface area contributed by atoms with Gasteiger partial charge in [0.15, 0.2) is 0 Å². The lowest BCUT2D eigenvalue weighted by Gasteiger charge is -2.05. The molecule has 1 rings (SSSR count). The minimum Gasteiger partial charge on any atom is -0.508 e. The zero-order valence-corrected chi connectivity index (χ0v) is 17.5. The monoisotopic (exact) mass is 376 g/mol. The fraction of sp³-hybridized carbons (Fsp3) is 0.708. The highest BCUT2D eigenvalue weighted by Gasteiger charge is 2.04. The first-order chi connectivity index (χ1) is 13.1. The van der Waals surface area contributed by atoms with Crippen LogP contribution in [0.1, 0.15) is 104 Å². The Labute approximate surface area is 166 Å². The summed E-state index contributed by atoms with van der Waals surface area (Å²) >= 11 is 0. The van der Waals surface area contributed by atoms with Crippen LogP contribution in [0.4, 0.5) is 0 Å². The van der Waals surface area contributed by atoms with Gasteiger partial charge in [-0.05, 0) is 36.6 Å². The van der Waals surface area contributed by atoms with E-state index in [2.05, 4.69) is 13.8 Å². The van der Waals surface area contributed by atoms with Gasteiger partial charge in [-0.2, -0.15) is 0 Å². The quantitative estimate of drug-likeness (QED) is 0.185. The third-order valence-electron chi connectivity index (χ3n) is 4.98. The van der Waals surface area contributed by atoms with Crippen molar-refractivity contribution in [1.29, 1.82) is 0 Å². The minimum absolute atomic E-state index is 0.177. The van der Waals surface area contributed by atoms with Crippen molar-refractivity contribution in [3.8, 4) is 11.5 Å². The molecule has 3 nitrogen and oxygen atoms in total. The molecule has 0 atom stereocenters. The zero-order valence-electron chi connectivity index (χ0n) is 17.5. The summed E-state index contributed by atoms with van der Waals surface area (Å²) in [7, 11) is 0. The maximum absolute atomic E-state index is 11.7. The van der Waals surface area contributed by atoms with Gasteiger partial charge in [0, 0.05) is 6.42 Å². The van der Waals surface area contributed by atoms with E-state index in [1.807, 2.05) is 0 Å². The van der Waals surface area contributed by atoms with Gasteiger partial charge in [0.1, 0.15) is 11.5 Å². The molecule has 1 aromatic carbocycles. The lowest BCUT2D eigenvalue weighted by molar-refractivity contribution is -0.134. The van der Waals surface area contributed by atoms with Crippen molar-refractivity contribution in [2.24, 2.45) is 5.92 Å². The Morgan fingerprint density at radius 2 is 1.22 bits per heavy atom. The van der Waals surface area contributed by atoms with Crippen molar-refractivity contribution >= 4 is 5.97 Å². The number of esters is 1. The van der Waals surface area contributed by atoms with Gasteiger partial charge >= 0.3 is 5.97 Å². The Morgan fingerprint density at radius 3 is 1.70 bits per heavy atom. The summed E-state index contributed by atoms with van der Waals surface area (Å²) in [6.07, 6.45) is 17.4. The van der Waals surface area contributed by atoms with Crippen LogP contribution in [0.2, 0.25) is 0 Å². The molecule has 0 spiro atoms. The fourth-order valence-corrected chi connectivity index (χ4v) is 3.29. The molecule has 0 bridgehead atoms. The van der Waals surface area contributed by atoms with Crippen molar-refractivity contribution in [1.82, 2.24) is 0 Å². The van der Waals surface area contributed by atoms with E-state index in [0.717, 1.165) is 18.8 Å². The number of benzene rings is 1. The van der Waals surface area contributed by atoms with Gasteiger partial charge in [-0.25, -0.2) is 0 Å². The predicted molar refractivity (Wildman–Crippen MR) is 113 cm³/mol. The summed E-state index contributed by atoms with van der Waals surface area (Å²) in [5.41, 5.74) is 0. The van der Waals surface area contributed by atoms with E-state index in [-0.39, 0.29) is 11.7 Å². The first kappa shape index (κ1) is 23.5. The predicted octanol–water partition coefficient (Wildman–Crippen LogP) is 7.42. The van der Waals surface area contributed by atoms with Crippen molar-refractivity contribution < 1.29 is 14.6 Å². The van der Waals surface area contributed by atoms with Gasteiger partial charge in [-0.1, -0.05) is 90.9 Å². The van der Waals surface area contributed by atoms with Gasteiger partial charge < -0.3 is 9.84 Å². The lowest BCUT2D eigenvalue weighted by Crippen LogP contribution is -2.07. The number of hydrogen-bond acceptors (Lipinski definition) is 3. The molecule has 0 aromatic heterocycles. The van der Waals surface area contributed by atoms with Gasteiger partial charge in [0.05, 0.1) is 0 Å². The van der Waals surface area contributed by atoms with Crippen LogP contribution in [0, 0.1) is 5.92 Å². The number of carbonyl (C=O) groups is 1. The Bertz CT molecular complexity index is 479. The van der Waals surface area contributed by atoms with Crippen molar-refractivity contribution in [3.63, 3.8) is 0 Å². The molecule has 0 aliphatic rings. The van der Waals surface area contributed by atoms with Crippen molar-refractivity contribution in [3.05, 3.63) is 24.3 Å². The van der Waals surface area contributed by atoms with E-state index in [9.17, 15) is 9.90 Å². The zero-order chi connectivity index (χ0) is 19.7. The maximum Gasteiger partial charge on any atom is 0.311 e. The van der Waals surface area contributed by atoms with Crippen LogP contribution in [0.3, 0.4) is 0 Å². The van der Waals surface area contributed by atoms with Crippen molar-refractivity contribution in [2.45, 2.75) is 104 Å². The first-order valence-electron chi connectivity index (χ1n) is 11.1. The van der Waals surface area contributed by atoms with Gasteiger partial charge in [-0.3, -0.25) is 4.79 Å². The van der Waals surface area contributed by atoms with Crippen molar-refractivity contribution in [2.75, 3.05) is 0 Å². The standard InChI is InChI=1S/C24H40O3/c1-21(2)15-13-11-9-7-5-3-4-6-8-10-12-14-16-24(26)27-23-19-17-22(25)18-20-23/h17-21,25H,3-16H2,1-2H3. The molecule has 3 heteroatoms. The lowest BCUT2D eigenvalue weighted by atomic mass is 10.0. The number of phenolic OH excluding ortho intramolecular Hbond substituents is 1. The Kier molecular flexibility index (Phi) is 13.5. The smallest absolute Gasteiger partial charge is 0.311 e. The highest BCUT2D eigenvalue weighted by molar-refractivity contribution is 5.72. The van der Waals surface area contributed by atoms with Crippen LogP contribution in [-0.4, -0.2) is 11.1 Å². The Hall–Kier alpha value is -1.51. The number of hydrogen-bond donors (Lipinski definition) is 1. The van der Waals surface area contributed by atoms with E-state index in [1.165, 1.54) is 82.8 Å². The largest absolute Gasteiger partial charge is 0.508 e. The molecule has 27 heavy (non-hydrogen) atoms. The van der Waals surface area contributed by atoms with Gasteiger partial charge in [0.25, 0.3) is 0 Å². The molecule has 0 aliphatic carbocycles. The topological polar surface area (TPSA) is 46.5 Å². The number of carbonyl (C=O) groups excluding carboxylic acids is 1. The highest BCUT2D eigenvalue weighted by atomic mass is 16.5. The van der Waals surface area contributed by atoms with Crippen LogP contribution in [-0.2, 0) is 4.79 Å². The minimum atomic E-state index is -0.186. The third kappa shape index (κ3) is 14.2. The summed E-state index contributed by atoms with van der Waals surface area (Å²) < 4.78 is 5.24. The van der Waals surface area contributed by atoms with E-state index < -0.39 is 0 Å². The van der Waals surface area contributed by atoms with Crippen LogP contribution in [0.15, 0.2) is 24.3 Å². The summed E-state index contributed by atoms with van der Waals surface area (Å²) in [6, 6.07) is 6.27. The summed E-state index contributed by atoms with van der Waals surface area (Å²) in [5.74, 6) is 1.35. The second-order valence-corrected chi connectivity index (χ2v) is 8.14. The number of rotatable bonds is 16. The molecule has 154 valence electrons. The second kappa shape index (κ2) is 15.5. The van der Waals surface area contributed by atoms with E-state index in [1.54, 1.807) is 12.1 Å². The van der Waals surface area contributed by atoms with Crippen LogP contribution in [0.25, 0.3) is 0 Å². The molecular formula is C24H40O3. The summed E-state index contributed by atoms with van der Waals surface area (Å²) in [5, 5.41) is 9.20. The summed E-state index contributed by atoms with van der Waals surface area (Å²) in [6.45, 7) is 4.62. The van der Waals surface area contributed by atoms with Crippen LogP contribution >= 0.6 is 0 Å². The van der Waals surface area contributed by atoms with E-state index in [0.29, 0.717) is 12.2 Å². The molecular weight excluding hydrogens is 336 g/mol. The molecule has 0 heterocycles. The van der Waals surface area contributed by atoms with Gasteiger partial charge in [-0.15, -0.1) is 0 Å². The molecule has 0 aliphatic heterocycles. The molecule has 1 N–H and O–H groups in total. The average Bonchev–Trinajstić information content (AvgIpc) is 2.63. The summed E-state index contributed by atoms with van der Waals surface area (Å²) in [4.78, 5) is 11.7. The number of phenols is 1. The first-order valence-corrected chi connectivity index (χ1v) is 11.1. The number of unbranched alkanes of at least 4 members (excludes halogenated alkanes) is 11. The molecule has 1 aromatic rings. The van der Waals surface area contributed by atoms with Crippen LogP contribution < -0.4 is 4.74 Å². The molecule has 0 fully saturated rings. The average molecular weight is 377 g/mol. The third-order valence-corrected chi connectivity index (χ3v) is 4.98. The van der Waals surface area contributed by atoms with E-state index in [4.69, 9.17) is 4.74 Å². The van der Waals surface area contributed by atoms with Crippen LogP contribution in [0.5, 0.6) is 11.5 Å². The maximum atomic E-state index is 11.7. The second-order valence-electron chi connectivity index (χ2n) is 8.14. The number of aromatic hydroxyl groups is 1. The normalized spacial score (nSPS) is 11.1.